The third-order valence-corrected chi connectivity index (χ3v) is 3.68. The molecule has 0 saturated heterocycles. The van der Waals surface area contributed by atoms with Gasteiger partial charge in [0.2, 0.25) is 0 Å². The second kappa shape index (κ2) is 4.80. The van der Waals surface area contributed by atoms with Crippen LogP contribution in [0.1, 0.15) is 27.0 Å². The van der Waals surface area contributed by atoms with Gasteiger partial charge in [0, 0.05) is 33.2 Å². The molecule has 3 rings (SSSR count). The Morgan fingerprint density at radius 3 is 2.70 bits per heavy atom. The van der Waals surface area contributed by atoms with E-state index in [4.69, 9.17) is 11.6 Å². The van der Waals surface area contributed by atoms with Crippen LogP contribution in [0.4, 0.5) is 0 Å². The summed E-state index contributed by atoms with van der Waals surface area (Å²) in [5, 5.41) is 1.57. The Kier molecular flexibility index (Phi) is 3.11. The number of aromatic nitrogens is 1. The molecule has 0 spiro atoms. The maximum atomic E-state index is 12.7. The number of benzene rings is 2. The third kappa shape index (κ3) is 2.12. The molecule has 0 fully saturated rings. The molecule has 0 aliphatic carbocycles. The lowest BCUT2D eigenvalue weighted by atomic mass is 9.99. The van der Waals surface area contributed by atoms with Crippen LogP contribution in [0.2, 0.25) is 5.02 Å². The van der Waals surface area contributed by atoms with E-state index in [1.807, 2.05) is 44.2 Å². The molecule has 1 heterocycles. The minimum atomic E-state index is -0.00356. The quantitative estimate of drug-likeness (QED) is 0.681. The highest BCUT2D eigenvalue weighted by molar-refractivity contribution is 6.31. The van der Waals surface area contributed by atoms with Crippen LogP contribution in [0.25, 0.3) is 10.9 Å². The Hall–Kier alpha value is -2.06. The number of hydrogen-bond acceptors (Lipinski definition) is 1. The zero-order valence-electron chi connectivity index (χ0n) is 11.3. The van der Waals surface area contributed by atoms with E-state index >= 15 is 0 Å². The van der Waals surface area contributed by atoms with Crippen molar-refractivity contribution in [3.8, 4) is 0 Å². The average molecular weight is 284 g/mol. The van der Waals surface area contributed by atoms with Crippen LogP contribution in [0.15, 0.2) is 42.6 Å². The van der Waals surface area contributed by atoms with E-state index in [9.17, 15) is 4.79 Å². The highest BCUT2D eigenvalue weighted by Crippen LogP contribution is 2.25. The molecule has 0 aliphatic rings. The van der Waals surface area contributed by atoms with E-state index in [1.54, 1.807) is 12.3 Å². The van der Waals surface area contributed by atoms with Gasteiger partial charge in [0.1, 0.15) is 0 Å². The van der Waals surface area contributed by atoms with Gasteiger partial charge in [-0.2, -0.15) is 0 Å². The summed E-state index contributed by atoms with van der Waals surface area (Å²) in [5.41, 5.74) is 4.37. The zero-order chi connectivity index (χ0) is 14.3. The number of fused-ring (bicyclic) bond motifs is 1. The summed E-state index contributed by atoms with van der Waals surface area (Å²) >= 11 is 6.05. The summed E-state index contributed by atoms with van der Waals surface area (Å²) in [7, 11) is 0. The lowest BCUT2D eigenvalue weighted by molar-refractivity contribution is 0.104. The highest BCUT2D eigenvalue weighted by Gasteiger charge is 2.16. The molecule has 0 bridgehead atoms. The minimum Gasteiger partial charge on any atom is -0.360 e. The fraction of sp³-hybridized carbons (Fsp3) is 0.118. The van der Waals surface area contributed by atoms with Gasteiger partial charge in [-0.25, -0.2) is 0 Å². The number of carbonyl (C=O) groups excluding carboxylic acids is 1. The molecule has 0 radical (unpaired) electrons. The lowest BCUT2D eigenvalue weighted by Gasteiger charge is -2.04. The molecular weight excluding hydrogens is 270 g/mol. The molecule has 100 valence electrons. The molecule has 3 heteroatoms. The summed E-state index contributed by atoms with van der Waals surface area (Å²) < 4.78 is 0. The molecule has 0 unspecified atom stereocenters. The second-order valence-electron chi connectivity index (χ2n) is 5.05. The van der Waals surface area contributed by atoms with Gasteiger partial charge in [-0.05, 0) is 49.2 Å². The maximum absolute atomic E-state index is 12.7. The van der Waals surface area contributed by atoms with E-state index in [2.05, 4.69) is 4.98 Å². The minimum absolute atomic E-state index is 0.00356. The lowest BCUT2D eigenvalue weighted by Crippen LogP contribution is -2.01. The summed E-state index contributed by atoms with van der Waals surface area (Å²) in [5.74, 6) is -0.00356. The Balaban J connectivity index is 2.18. The van der Waals surface area contributed by atoms with Crippen molar-refractivity contribution in [2.75, 3.05) is 0 Å². The fourth-order valence-corrected chi connectivity index (χ4v) is 2.86. The molecule has 1 aromatic heterocycles. The summed E-state index contributed by atoms with van der Waals surface area (Å²) in [6.45, 7) is 3.94. The number of carbonyl (C=O) groups is 1. The third-order valence-electron chi connectivity index (χ3n) is 3.46. The van der Waals surface area contributed by atoms with Crippen molar-refractivity contribution in [1.29, 1.82) is 0 Å². The Bertz CT molecular complexity index is 797. The van der Waals surface area contributed by atoms with Crippen LogP contribution in [-0.4, -0.2) is 10.8 Å². The first-order valence-electron chi connectivity index (χ1n) is 6.45. The summed E-state index contributed by atoms with van der Waals surface area (Å²) in [6.07, 6.45) is 1.77. The maximum Gasteiger partial charge on any atom is 0.195 e. The zero-order valence-corrected chi connectivity index (χ0v) is 12.1. The molecule has 1 N–H and O–H groups in total. The van der Waals surface area contributed by atoms with Gasteiger partial charge in [-0.3, -0.25) is 4.79 Å². The predicted molar refractivity (Wildman–Crippen MR) is 82.7 cm³/mol. The Labute approximate surface area is 122 Å². The number of H-pyrrole nitrogens is 1. The molecule has 0 saturated carbocycles. The van der Waals surface area contributed by atoms with Crippen LogP contribution < -0.4 is 0 Å². The average Bonchev–Trinajstić information content (AvgIpc) is 2.82. The summed E-state index contributed by atoms with van der Waals surface area (Å²) in [4.78, 5) is 15.9. The van der Waals surface area contributed by atoms with Gasteiger partial charge in [0.15, 0.2) is 5.78 Å². The molecule has 0 amide bonds. The molecule has 0 atom stereocenters. The SMILES string of the molecule is Cc1cc(Cl)cc(C(=O)c2c[nH]c3cccc(C)c23)c1. The van der Waals surface area contributed by atoms with Gasteiger partial charge < -0.3 is 4.98 Å². The Morgan fingerprint density at radius 2 is 1.95 bits per heavy atom. The molecule has 2 nitrogen and oxygen atoms in total. The first-order valence-corrected chi connectivity index (χ1v) is 6.82. The van der Waals surface area contributed by atoms with E-state index in [1.165, 1.54) is 0 Å². The molecule has 2 aromatic carbocycles. The Morgan fingerprint density at radius 1 is 1.15 bits per heavy atom. The smallest absolute Gasteiger partial charge is 0.195 e. The number of rotatable bonds is 2. The van der Waals surface area contributed by atoms with Gasteiger partial charge in [0.25, 0.3) is 0 Å². The van der Waals surface area contributed by atoms with Crippen molar-refractivity contribution in [3.05, 3.63) is 69.9 Å². The van der Waals surface area contributed by atoms with Gasteiger partial charge in [-0.15, -0.1) is 0 Å². The number of aryl methyl sites for hydroxylation is 2. The fourth-order valence-electron chi connectivity index (χ4n) is 2.57. The van der Waals surface area contributed by atoms with Gasteiger partial charge in [0.05, 0.1) is 0 Å². The van der Waals surface area contributed by atoms with Crippen LogP contribution in [-0.2, 0) is 0 Å². The van der Waals surface area contributed by atoms with E-state index in [0.29, 0.717) is 16.1 Å². The van der Waals surface area contributed by atoms with Crippen LogP contribution in [0.3, 0.4) is 0 Å². The van der Waals surface area contributed by atoms with Crippen molar-refractivity contribution in [1.82, 2.24) is 4.98 Å². The summed E-state index contributed by atoms with van der Waals surface area (Å²) in [6, 6.07) is 11.4. The molecule has 3 aromatic rings. The molecule has 20 heavy (non-hydrogen) atoms. The number of aromatic amines is 1. The van der Waals surface area contributed by atoms with Crippen molar-refractivity contribution in [3.63, 3.8) is 0 Å². The van der Waals surface area contributed by atoms with E-state index in [0.717, 1.165) is 22.0 Å². The molecular formula is C17H14ClNO. The van der Waals surface area contributed by atoms with Gasteiger partial charge in [-0.1, -0.05) is 23.7 Å². The molecule has 0 aliphatic heterocycles. The van der Waals surface area contributed by atoms with Crippen LogP contribution in [0, 0.1) is 13.8 Å². The highest BCUT2D eigenvalue weighted by atomic mass is 35.5. The normalized spacial score (nSPS) is 10.9. The van der Waals surface area contributed by atoms with Gasteiger partial charge >= 0.3 is 0 Å². The topological polar surface area (TPSA) is 32.9 Å². The van der Waals surface area contributed by atoms with Crippen molar-refractivity contribution in [2.45, 2.75) is 13.8 Å². The standard InChI is InChI=1S/C17H14ClNO/c1-10-6-12(8-13(18)7-10)17(20)14-9-19-15-5-3-4-11(2)16(14)15/h3-9,19H,1-2H3. The van der Waals surface area contributed by atoms with E-state index < -0.39 is 0 Å². The number of hydrogen-bond donors (Lipinski definition) is 1. The predicted octanol–water partition coefficient (Wildman–Crippen LogP) is 4.67. The monoisotopic (exact) mass is 283 g/mol. The van der Waals surface area contributed by atoms with Crippen LogP contribution in [0.5, 0.6) is 0 Å². The van der Waals surface area contributed by atoms with Crippen molar-refractivity contribution >= 4 is 28.3 Å². The van der Waals surface area contributed by atoms with E-state index in [-0.39, 0.29) is 5.78 Å². The number of nitrogens with one attached hydrogen (secondary N) is 1. The van der Waals surface area contributed by atoms with Crippen molar-refractivity contribution < 1.29 is 4.79 Å². The first kappa shape index (κ1) is 12.9. The number of ketones is 1. The largest absolute Gasteiger partial charge is 0.360 e. The van der Waals surface area contributed by atoms with Crippen LogP contribution >= 0.6 is 11.6 Å². The first-order chi connectivity index (χ1) is 9.56. The van der Waals surface area contributed by atoms with Crippen molar-refractivity contribution in [2.24, 2.45) is 0 Å². The number of halogens is 1. The second-order valence-corrected chi connectivity index (χ2v) is 5.48.